The number of aliphatic carboxylic acids is 2. The minimum absolute atomic E-state index is 0. The van der Waals surface area contributed by atoms with Gasteiger partial charge in [-0.2, -0.15) is 5.70 Å². The Morgan fingerprint density at radius 2 is 1.59 bits per heavy atom. The Balaban J connectivity index is 0.00000384. The van der Waals surface area contributed by atoms with E-state index < -0.39 is 29.7 Å². The predicted octanol–water partition coefficient (Wildman–Crippen LogP) is 0.894. The monoisotopic (exact) mass is 604 g/mol. The molecule has 0 spiro atoms. The Kier molecular flexibility index (Phi) is 8.23. The van der Waals surface area contributed by atoms with Crippen molar-refractivity contribution < 1.29 is 29.7 Å². The molecule has 3 aromatic rings. The number of carboxylic acids is 2. The maximum absolute atomic E-state index is 13.7. The first kappa shape index (κ1) is 31.5. The van der Waals surface area contributed by atoms with Crippen molar-refractivity contribution in [1.29, 1.82) is 0 Å². The molecule has 3 aromatic heterocycles. The van der Waals surface area contributed by atoms with Crippen LogP contribution in [0.1, 0.15) is 76.4 Å². The molecule has 0 amide bonds. The van der Waals surface area contributed by atoms with Crippen molar-refractivity contribution >= 4 is 70.8 Å². The molecule has 0 radical (unpaired) electrons. The number of hydrogen-bond acceptors (Lipinski definition) is 4. The number of ketones is 1. The van der Waals surface area contributed by atoms with E-state index in [-0.39, 0.29) is 53.3 Å². The van der Waals surface area contributed by atoms with Gasteiger partial charge in [-0.15, -0.1) is 33.1 Å². The molecule has 2 aliphatic heterocycles. The van der Waals surface area contributed by atoms with Crippen molar-refractivity contribution in [3.05, 3.63) is 77.2 Å². The smallest absolute Gasteiger partial charge is 0.681 e. The van der Waals surface area contributed by atoms with Gasteiger partial charge >= 0.3 is 35.0 Å². The summed E-state index contributed by atoms with van der Waals surface area (Å²) in [5.41, 5.74) is 6.45. The van der Waals surface area contributed by atoms with E-state index in [9.17, 15) is 29.7 Å². The summed E-state index contributed by atoms with van der Waals surface area (Å²) in [5.74, 6) is -4.82. The summed E-state index contributed by atoms with van der Waals surface area (Å²) in [6.45, 7) is 9.59. The number of aliphatic hydroxyl groups is 1. The van der Waals surface area contributed by atoms with Gasteiger partial charge in [-0.05, 0) is 50.7 Å². The zero-order valence-corrected chi connectivity index (χ0v) is 26.7. The Bertz CT molecular complexity index is 2010. The molecular formula is C33H32MgN4O6-2. The van der Waals surface area contributed by atoms with Gasteiger partial charge in [-0.25, -0.2) is 0 Å². The van der Waals surface area contributed by atoms with Crippen LogP contribution in [0.15, 0.2) is 5.70 Å². The summed E-state index contributed by atoms with van der Waals surface area (Å²) >= 11 is 0. The maximum Gasteiger partial charge on any atom is 2.00 e. The van der Waals surface area contributed by atoms with Crippen LogP contribution < -0.4 is 36.2 Å². The van der Waals surface area contributed by atoms with Gasteiger partial charge in [0.05, 0.1) is 6.26 Å². The van der Waals surface area contributed by atoms with Crippen molar-refractivity contribution in [1.82, 2.24) is 15.0 Å². The van der Waals surface area contributed by atoms with E-state index in [1.54, 1.807) is 13.0 Å². The minimum Gasteiger partial charge on any atom is -0.681 e. The number of fused-ring (bicyclic) bond motifs is 8. The summed E-state index contributed by atoms with van der Waals surface area (Å²) in [7, 11) is 0. The van der Waals surface area contributed by atoms with Crippen LogP contribution in [0.25, 0.3) is 35.4 Å². The number of carboxylic acid groups (broad SMARTS) is 2. The third-order valence-corrected chi connectivity index (χ3v) is 9.42. The van der Waals surface area contributed by atoms with Crippen molar-refractivity contribution in [3.63, 3.8) is 0 Å². The van der Waals surface area contributed by atoms with Gasteiger partial charge in [-0.1, -0.05) is 65.9 Å². The van der Waals surface area contributed by atoms with Crippen LogP contribution in [-0.2, 0) is 16.0 Å². The van der Waals surface area contributed by atoms with Gasteiger partial charge in [0.1, 0.15) is 5.92 Å². The Morgan fingerprint density at radius 1 is 0.932 bits per heavy atom. The summed E-state index contributed by atoms with van der Waals surface area (Å²) < 4.78 is 0. The summed E-state index contributed by atoms with van der Waals surface area (Å²) in [4.78, 5) is 52.5. The third-order valence-electron chi connectivity index (χ3n) is 9.42. The number of carbonyl (C=O) groups is 3. The molecule has 11 heteroatoms. The molecule has 1 aliphatic carbocycles. The number of nitrogens with zero attached hydrogens (tertiary/aromatic N) is 4. The Hall–Kier alpha value is -3.96. The van der Waals surface area contributed by atoms with Gasteiger partial charge in [-0.3, -0.25) is 14.4 Å². The van der Waals surface area contributed by atoms with E-state index in [0.29, 0.717) is 61.6 Å². The fraction of sp³-hybridized carbons (Fsp3) is 0.364. The molecule has 10 nitrogen and oxygen atoms in total. The average molecular weight is 605 g/mol. The maximum atomic E-state index is 13.7. The second-order valence-electron chi connectivity index (χ2n) is 11.6. The van der Waals surface area contributed by atoms with Crippen LogP contribution in [0, 0.1) is 38.5 Å². The van der Waals surface area contributed by atoms with Gasteiger partial charge in [0.2, 0.25) is 0 Å². The molecule has 3 aliphatic rings. The van der Waals surface area contributed by atoms with Crippen LogP contribution in [0.3, 0.4) is 0 Å². The minimum atomic E-state index is -1.45. The van der Waals surface area contributed by atoms with Crippen LogP contribution in [0.2, 0.25) is 0 Å². The number of Topliss-reactive ketones (excluding diaryl/α,β-unsaturated/α-hetero) is 1. The van der Waals surface area contributed by atoms with E-state index in [1.807, 2.05) is 39.8 Å². The van der Waals surface area contributed by atoms with E-state index in [0.717, 1.165) is 23.0 Å². The molecule has 1 unspecified atom stereocenters. The van der Waals surface area contributed by atoms with Crippen molar-refractivity contribution in [2.75, 3.05) is 0 Å². The quantitative estimate of drug-likeness (QED) is 0.283. The van der Waals surface area contributed by atoms with Gasteiger partial charge in [0.15, 0.2) is 5.78 Å². The first-order chi connectivity index (χ1) is 20.5. The van der Waals surface area contributed by atoms with Gasteiger partial charge in [0.25, 0.3) is 0 Å². The number of hydrogen-bond donors (Lipinski definition) is 3. The molecule has 0 saturated carbocycles. The molecule has 4 atom stereocenters. The number of rotatable bonds is 5. The van der Waals surface area contributed by atoms with E-state index >= 15 is 0 Å². The SMILES string of the molecule is CCc1c2[n-]c(/c1=C\O)=C\c1[n-]c(c(C)c1C)/C=C1\[N-]C(C3=c4[n-]/c(c(C)c4C(=O)[C@@H]3C(=O)O)=C\2)[C@@H](CCC(=O)O)[C@@H]1C.[Mg+2]. The second kappa shape index (κ2) is 11.5. The zero-order chi connectivity index (χ0) is 30.9. The van der Waals surface area contributed by atoms with Crippen LogP contribution in [0.4, 0.5) is 0 Å². The molecule has 1 fully saturated rings. The Morgan fingerprint density at radius 3 is 2.20 bits per heavy atom. The normalized spacial score (nSPS) is 24.9. The second-order valence-corrected chi connectivity index (χ2v) is 11.6. The van der Waals surface area contributed by atoms with Gasteiger partial charge in [0, 0.05) is 12.0 Å². The summed E-state index contributed by atoms with van der Waals surface area (Å²) in [5, 5.41) is 36.9. The number of aromatic nitrogens is 3. The summed E-state index contributed by atoms with van der Waals surface area (Å²) in [6.07, 6.45) is 7.25. The molecule has 44 heavy (non-hydrogen) atoms. The predicted molar refractivity (Wildman–Crippen MR) is 165 cm³/mol. The van der Waals surface area contributed by atoms with E-state index in [1.165, 1.54) is 0 Å². The summed E-state index contributed by atoms with van der Waals surface area (Å²) in [6, 6.07) is -0.741. The number of carbonyl (C=O) groups excluding carboxylic acids is 1. The fourth-order valence-corrected chi connectivity index (χ4v) is 6.89. The average Bonchev–Trinajstić information content (AvgIpc) is 3.69. The zero-order valence-electron chi connectivity index (χ0n) is 25.3. The number of allylic oxidation sites excluding steroid dienone is 1. The van der Waals surface area contributed by atoms with Crippen molar-refractivity contribution in [2.24, 2.45) is 17.8 Å². The largest absolute Gasteiger partial charge is 2.00 e. The molecule has 6 rings (SSSR count). The molecule has 224 valence electrons. The fourth-order valence-electron chi connectivity index (χ4n) is 6.89. The van der Waals surface area contributed by atoms with Crippen LogP contribution >= 0.6 is 0 Å². The van der Waals surface area contributed by atoms with Crippen molar-refractivity contribution in [3.8, 4) is 0 Å². The molecule has 1 saturated heterocycles. The van der Waals surface area contributed by atoms with E-state index in [2.05, 4.69) is 0 Å². The molecule has 3 N–H and O–H groups in total. The standard InChI is InChI=1S/C33H32N4O6.Mg/c1-6-17-19(12-38)25-10-21-14(3)13(2)20(34-21)9-22-15(4)18(7-8-26(39)40)30(36-22)28-29(33(42)43)32(41)27-16(5)23(37-31(27)28)11-24(17)35-25;/h9-12,15,18,29-30H,6-8H2,1-5H3,(H,38,41)(H,39,40)(H,42,43);/q-4;+2/b22-9-,25-10-;/t15-,18-,29+,30?;/m0./s1. The van der Waals surface area contributed by atoms with Crippen LogP contribution in [-0.4, -0.2) is 62.1 Å². The van der Waals surface area contributed by atoms with Gasteiger partial charge < -0.3 is 35.6 Å². The Labute approximate surface area is 269 Å². The molecule has 8 bridgehead atoms. The first-order valence-corrected chi connectivity index (χ1v) is 14.4. The third kappa shape index (κ3) is 4.73. The van der Waals surface area contributed by atoms with Crippen LogP contribution in [0.5, 0.6) is 0 Å². The first-order valence-electron chi connectivity index (χ1n) is 14.4. The van der Waals surface area contributed by atoms with Crippen molar-refractivity contribution in [2.45, 2.75) is 59.9 Å². The molecule has 5 heterocycles. The number of aliphatic hydroxyl groups excluding tert-OH is 1. The molecular weight excluding hydrogens is 573 g/mol. The molecule has 0 aromatic carbocycles. The topological polar surface area (TPSA) is 168 Å². The van der Waals surface area contributed by atoms with E-state index in [4.69, 9.17) is 20.3 Å².